The summed E-state index contributed by atoms with van der Waals surface area (Å²) in [6, 6.07) is 5.71. The first kappa shape index (κ1) is 7.69. The highest BCUT2D eigenvalue weighted by Crippen LogP contribution is 2.11. The number of hydrogen-bond acceptors (Lipinski definition) is 2. The van der Waals surface area contributed by atoms with Crippen LogP contribution < -0.4 is 0 Å². The molecule has 3 heteroatoms. The van der Waals surface area contributed by atoms with Crippen LogP contribution in [0, 0.1) is 6.57 Å². The molecule has 0 spiro atoms. The second kappa shape index (κ2) is 3.20. The Morgan fingerprint density at radius 2 is 1.92 bits per heavy atom. The first-order valence-electron chi connectivity index (χ1n) is 3.93. The van der Waals surface area contributed by atoms with Crippen molar-refractivity contribution in [2.75, 3.05) is 0 Å². The molecule has 0 aliphatic heterocycles. The Bertz CT molecular complexity index is 471. The third kappa shape index (κ3) is 1.47. The Labute approximate surface area is 75.9 Å². The highest BCUT2D eigenvalue weighted by atomic mass is 14.8. The monoisotopic (exact) mass is 169 g/mol. The second-order valence-corrected chi connectivity index (χ2v) is 2.70. The summed E-state index contributed by atoms with van der Waals surface area (Å²) in [5.41, 5.74) is 2.71. The fraction of sp³-hybridized carbons (Fsp3) is 0.100. The summed E-state index contributed by atoms with van der Waals surface area (Å²) in [5, 5.41) is 0. The van der Waals surface area contributed by atoms with E-state index >= 15 is 0 Å². The number of rotatable bonds is 1. The van der Waals surface area contributed by atoms with Crippen LogP contribution in [0.4, 0.5) is 0 Å². The molecule has 1 heterocycles. The fourth-order valence-corrected chi connectivity index (χ4v) is 1.20. The van der Waals surface area contributed by atoms with Gasteiger partial charge in [-0.1, -0.05) is 0 Å². The number of hydrogen-bond donors (Lipinski definition) is 0. The summed E-state index contributed by atoms with van der Waals surface area (Å²) in [4.78, 5) is 11.6. The number of aromatic nitrogens is 2. The van der Waals surface area contributed by atoms with E-state index in [1.165, 1.54) is 0 Å². The van der Waals surface area contributed by atoms with Crippen LogP contribution in [0.15, 0.2) is 30.6 Å². The lowest BCUT2D eigenvalue weighted by molar-refractivity contribution is 1.24. The normalized spacial score (nSPS) is 9.77. The lowest BCUT2D eigenvalue weighted by Gasteiger charge is -1.95. The van der Waals surface area contributed by atoms with E-state index in [0.29, 0.717) is 6.54 Å². The topological polar surface area (TPSA) is 30.1 Å². The summed E-state index contributed by atoms with van der Waals surface area (Å²) in [6.07, 6.45) is 3.32. The minimum absolute atomic E-state index is 0.409. The second-order valence-electron chi connectivity index (χ2n) is 2.70. The van der Waals surface area contributed by atoms with E-state index in [-0.39, 0.29) is 0 Å². The van der Waals surface area contributed by atoms with Crippen LogP contribution in [-0.4, -0.2) is 9.97 Å². The lowest BCUT2D eigenvalue weighted by atomic mass is 10.2. The van der Waals surface area contributed by atoms with Gasteiger partial charge in [0.25, 0.3) is 0 Å². The van der Waals surface area contributed by atoms with E-state index in [4.69, 9.17) is 6.57 Å². The van der Waals surface area contributed by atoms with Gasteiger partial charge < -0.3 is 4.85 Å². The molecule has 0 bridgehead atoms. The molecule has 0 saturated carbocycles. The Morgan fingerprint density at radius 3 is 2.69 bits per heavy atom. The number of fused-ring (bicyclic) bond motifs is 1. The third-order valence-electron chi connectivity index (χ3n) is 1.80. The fourth-order valence-electron chi connectivity index (χ4n) is 1.20. The van der Waals surface area contributed by atoms with Crippen molar-refractivity contribution >= 4 is 11.0 Å². The van der Waals surface area contributed by atoms with Gasteiger partial charge in [-0.2, -0.15) is 0 Å². The van der Waals surface area contributed by atoms with E-state index in [0.717, 1.165) is 16.6 Å². The average Bonchev–Trinajstić information content (AvgIpc) is 2.18. The molecule has 1 aromatic carbocycles. The van der Waals surface area contributed by atoms with E-state index in [9.17, 15) is 0 Å². The predicted octanol–water partition coefficient (Wildman–Crippen LogP) is 2.05. The van der Waals surface area contributed by atoms with Crippen molar-refractivity contribution in [1.82, 2.24) is 9.97 Å². The minimum Gasteiger partial charge on any atom is -0.312 e. The summed E-state index contributed by atoms with van der Waals surface area (Å²) in [7, 11) is 0. The smallest absolute Gasteiger partial charge is 0.239 e. The Balaban J connectivity index is 2.57. The van der Waals surface area contributed by atoms with Crippen molar-refractivity contribution in [3.8, 4) is 0 Å². The molecule has 0 amide bonds. The van der Waals surface area contributed by atoms with Crippen molar-refractivity contribution in [2.45, 2.75) is 6.54 Å². The van der Waals surface area contributed by atoms with Gasteiger partial charge >= 0.3 is 0 Å². The van der Waals surface area contributed by atoms with Gasteiger partial charge in [0.2, 0.25) is 6.54 Å². The first-order valence-corrected chi connectivity index (χ1v) is 3.93. The highest BCUT2D eigenvalue weighted by molar-refractivity contribution is 5.74. The molecule has 1 aromatic heterocycles. The molecule has 0 atom stereocenters. The van der Waals surface area contributed by atoms with Crippen molar-refractivity contribution in [3.05, 3.63) is 47.6 Å². The largest absolute Gasteiger partial charge is 0.312 e. The van der Waals surface area contributed by atoms with Crippen LogP contribution in [0.25, 0.3) is 15.9 Å². The summed E-state index contributed by atoms with van der Waals surface area (Å²) >= 11 is 0. The average molecular weight is 169 g/mol. The molecule has 2 aromatic rings. The first-order chi connectivity index (χ1) is 6.40. The maximum Gasteiger partial charge on any atom is 0.239 e. The standard InChI is InChI=1S/C10H7N3/c1-11-7-8-2-3-9-10(6-8)13-5-4-12-9/h2-6H,7H2. The third-order valence-corrected chi connectivity index (χ3v) is 1.80. The zero-order chi connectivity index (χ0) is 9.10. The number of benzene rings is 1. The maximum absolute atomic E-state index is 6.74. The van der Waals surface area contributed by atoms with Crippen LogP contribution in [0.1, 0.15) is 5.56 Å². The van der Waals surface area contributed by atoms with Crippen molar-refractivity contribution in [1.29, 1.82) is 0 Å². The van der Waals surface area contributed by atoms with Crippen LogP contribution in [0.5, 0.6) is 0 Å². The quantitative estimate of drug-likeness (QED) is 0.611. The molecule has 0 unspecified atom stereocenters. The predicted molar refractivity (Wildman–Crippen MR) is 49.8 cm³/mol. The van der Waals surface area contributed by atoms with Gasteiger partial charge in [0.05, 0.1) is 11.0 Å². The van der Waals surface area contributed by atoms with Gasteiger partial charge in [-0.05, 0) is 18.2 Å². The molecule has 0 radical (unpaired) electrons. The van der Waals surface area contributed by atoms with Crippen molar-refractivity contribution in [3.63, 3.8) is 0 Å². The van der Waals surface area contributed by atoms with Gasteiger partial charge in [-0.25, -0.2) is 6.57 Å². The molecule has 0 aliphatic rings. The number of nitrogens with zero attached hydrogens (tertiary/aromatic N) is 3. The van der Waals surface area contributed by atoms with E-state index < -0.39 is 0 Å². The molecule has 13 heavy (non-hydrogen) atoms. The van der Waals surface area contributed by atoms with Gasteiger partial charge in [-0.15, -0.1) is 0 Å². The molecule has 3 nitrogen and oxygen atoms in total. The molecule has 0 saturated heterocycles. The molecular weight excluding hydrogens is 162 g/mol. The Morgan fingerprint density at radius 1 is 1.15 bits per heavy atom. The molecule has 2 rings (SSSR count). The van der Waals surface area contributed by atoms with Gasteiger partial charge in [-0.3, -0.25) is 9.97 Å². The molecule has 0 aliphatic carbocycles. The van der Waals surface area contributed by atoms with Crippen molar-refractivity contribution in [2.24, 2.45) is 0 Å². The van der Waals surface area contributed by atoms with Crippen LogP contribution >= 0.6 is 0 Å². The van der Waals surface area contributed by atoms with Crippen LogP contribution in [0.3, 0.4) is 0 Å². The lowest BCUT2D eigenvalue weighted by Crippen LogP contribution is -1.84. The maximum atomic E-state index is 6.74. The molecule has 0 N–H and O–H groups in total. The van der Waals surface area contributed by atoms with Crippen LogP contribution in [-0.2, 0) is 6.54 Å². The summed E-state index contributed by atoms with van der Waals surface area (Å²) in [6.45, 7) is 7.15. The Hall–Kier alpha value is -1.95. The minimum atomic E-state index is 0.409. The SMILES string of the molecule is [C-]#[N+]Cc1ccc2nccnc2c1. The Kier molecular flexibility index (Phi) is 1.89. The van der Waals surface area contributed by atoms with Crippen molar-refractivity contribution < 1.29 is 0 Å². The molecule has 0 fully saturated rings. The summed E-state index contributed by atoms with van der Waals surface area (Å²) in [5.74, 6) is 0. The highest BCUT2D eigenvalue weighted by Gasteiger charge is 1.98. The van der Waals surface area contributed by atoms with Gasteiger partial charge in [0.15, 0.2) is 0 Å². The molecule has 62 valence electrons. The molecular formula is C10H7N3. The van der Waals surface area contributed by atoms with E-state index in [1.54, 1.807) is 12.4 Å². The zero-order valence-electron chi connectivity index (χ0n) is 6.94. The van der Waals surface area contributed by atoms with Crippen LogP contribution in [0.2, 0.25) is 0 Å². The zero-order valence-corrected chi connectivity index (χ0v) is 6.94. The van der Waals surface area contributed by atoms with E-state index in [2.05, 4.69) is 14.8 Å². The van der Waals surface area contributed by atoms with E-state index in [1.807, 2.05) is 18.2 Å². The van der Waals surface area contributed by atoms with Gasteiger partial charge in [0.1, 0.15) is 0 Å². The summed E-state index contributed by atoms with van der Waals surface area (Å²) < 4.78 is 0. The van der Waals surface area contributed by atoms with Gasteiger partial charge in [0, 0.05) is 18.0 Å².